The standard InChI is InChI=1S/C26H53NO2P/c1-6-8-9-10-11-12-13-14-15-16-17-18-19-20-21-22-23-25-26(24-7-2,30(28)29)27(3,4)5/h18-19H,6-17,20-25H2,1-5H3/q+1/b19-18-. The van der Waals surface area contributed by atoms with E-state index in [0.717, 1.165) is 38.5 Å². The van der Waals surface area contributed by atoms with Gasteiger partial charge in [-0.2, -0.15) is 0 Å². The van der Waals surface area contributed by atoms with Gasteiger partial charge in [0.25, 0.3) is 5.28 Å². The molecule has 30 heavy (non-hydrogen) atoms. The van der Waals surface area contributed by atoms with Gasteiger partial charge in [-0.25, -0.2) is 0 Å². The fraction of sp³-hybridized carbons (Fsp3) is 0.923. The van der Waals surface area contributed by atoms with Crippen molar-refractivity contribution >= 4 is 8.03 Å². The summed E-state index contributed by atoms with van der Waals surface area (Å²) in [5.74, 6) is 0. The second-order valence-electron chi connectivity index (χ2n) is 10.0. The molecule has 0 spiro atoms. The lowest BCUT2D eigenvalue weighted by Crippen LogP contribution is -2.55. The Kier molecular flexibility index (Phi) is 18.2. The molecule has 0 aromatic carbocycles. The molecule has 0 rings (SSSR count). The number of quaternary nitrogens is 1. The molecule has 0 aliphatic heterocycles. The third-order valence-corrected chi connectivity index (χ3v) is 8.30. The Balaban J connectivity index is 3.74. The van der Waals surface area contributed by atoms with Gasteiger partial charge in [-0.05, 0) is 38.5 Å². The Hall–Kier alpha value is -0.240. The van der Waals surface area contributed by atoms with Crippen molar-refractivity contribution in [2.45, 2.75) is 135 Å². The van der Waals surface area contributed by atoms with E-state index in [1.807, 2.05) is 21.1 Å². The van der Waals surface area contributed by atoms with Gasteiger partial charge in [0.05, 0.1) is 21.1 Å². The molecular formula is C26H53NO2P+. The van der Waals surface area contributed by atoms with Gasteiger partial charge in [0.15, 0.2) is 0 Å². The van der Waals surface area contributed by atoms with E-state index in [1.54, 1.807) is 0 Å². The molecule has 0 aromatic rings. The minimum absolute atomic E-state index is 0.512. The van der Waals surface area contributed by atoms with E-state index in [1.165, 1.54) is 77.0 Å². The van der Waals surface area contributed by atoms with Gasteiger partial charge in [-0.15, -0.1) is 0 Å². The lowest BCUT2D eigenvalue weighted by molar-refractivity contribution is -0.910. The van der Waals surface area contributed by atoms with Crippen LogP contribution in [0.2, 0.25) is 0 Å². The molecule has 178 valence electrons. The van der Waals surface area contributed by atoms with Crippen molar-refractivity contribution in [2.24, 2.45) is 0 Å². The van der Waals surface area contributed by atoms with Crippen LogP contribution in [0, 0.1) is 0 Å². The van der Waals surface area contributed by atoms with Gasteiger partial charge in [0.2, 0.25) is 0 Å². The summed E-state index contributed by atoms with van der Waals surface area (Å²) >= 11 is 0. The Morgan fingerprint density at radius 2 is 1.10 bits per heavy atom. The highest BCUT2D eigenvalue weighted by atomic mass is 31.1. The summed E-state index contributed by atoms with van der Waals surface area (Å²) in [5.41, 5.74) is 0. The molecular weight excluding hydrogens is 389 g/mol. The van der Waals surface area contributed by atoms with Crippen LogP contribution in [0.15, 0.2) is 12.2 Å². The van der Waals surface area contributed by atoms with Crippen LogP contribution in [-0.4, -0.2) is 30.9 Å². The Morgan fingerprint density at radius 3 is 1.50 bits per heavy atom. The lowest BCUT2D eigenvalue weighted by atomic mass is 9.99. The third kappa shape index (κ3) is 13.2. The SMILES string of the molecule is CCCCCCCCCCCC/C=C\CCCCCC(CCC)([P+](=O)[O-])[N+](C)(C)C. The normalized spacial score (nSPS) is 14.9. The zero-order valence-electron chi connectivity index (χ0n) is 21.1. The van der Waals surface area contributed by atoms with E-state index in [4.69, 9.17) is 0 Å². The maximum atomic E-state index is 12.1. The highest BCUT2D eigenvalue weighted by molar-refractivity contribution is 7.38. The maximum absolute atomic E-state index is 12.1. The van der Waals surface area contributed by atoms with Gasteiger partial charge < -0.3 is 4.89 Å². The Bertz CT molecular complexity index is 445. The van der Waals surface area contributed by atoms with Gasteiger partial charge >= 0.3 is 8.03 Å². The van der Waals surface area contributed by atoms with E-state index >= 15 is 0 Å². The number of rotatable bonds is 21. The minimum atomic E-state index is -2.43. The van der Waals surface area contributed by atoms with E-state index in [2.05, 4.69) is 26.0 Å². The topological polar surface area (TPSA) is 40.1 Å². The molecule has 0 aliphatic carbocycles. The monoisotopic (exact) mass is 442 g/mol. The molecule has 4 heteroatoms. The smallest absolute Gasteiger partial charge is 0.376 e. The van der Waals surface area contributed by atoms with Crippen molar-refractivity contribution in [1.29, 1.82) is 0 Å². The summed E-state index contributed by atoms with van der Waals surface area (Å²) in [4.78, 5) is 12.1. The molecule has 3 nitrogen and oxygen atoms in total. The number of hydrogen-bond donors (Lipinski definition) is 0. The van der Waals surface area contributed by atoms with Gasteiger partial charge in [0.1, 0.15) is 0 Å². The van der Waals surface area contributed by atoms with E-state index in [-0.39, 0.29) is 0 Å². The quantitative estimate of drug-likeness (QED) is 0.0779. The first-order valence-corrected chi connectivity index (χ1v) is 14.1. The molecule has 0 saturated heterocycles. The zero-order valence-corrected chi connectivity index (χ0v) is 22.0. The predicted molar refractivity (Wildman–Crippen MR) is 132 cm³/mol. The summed E-state index contributed by atoms with van der Waals surface area (Å²) < 4.78 is 12.6. The molecule has 2 atom stereocenters. The van der Waals surface area contributed by atoms with Crippen molar-refractivity contribution < 1.29 is 13.9 Å². The van der Waals surface area contributed by atoms with Crippen LogP contribution in [0.3, 0.4) is 0 Å². The second kappa shape index (κ2) is 18.3. The van der Waals surface area contributed by atoms with Gasteiger partial charge in [0, 0.05) is 12.8 Å². The molecule has 0 aliphatic rings. The summed E-state index contributed by atoms with van der Waals surface area (Å²) in [6.45, 7) is 4.36. The number of allylic oxidation sites excluding steroid dienone is 2. The Morgan fingerprint density at radius 1 is 0.667 bits per heavy atom. The fourth-order valence-electron chi connectivity index (χ4n) is 4.46. The van der Waals surface area contributed by atoms with E-state index in [0.29, 0.717) is 4.48 Å². The summed E-state index contributed by atoms with van der Waals surface area (Å²) in [7, 11) is 3.65. The highest BCUT2D eigenvalue weighted by Crippen LogP contribution is 2.45. The second-order valence-corrected chi connectivity index (χ2v) is 11.4. The highest BCUT2D eigenvalue weighted by Gasteiger charge is 2.53. The van der Waals surface area contributed by atoms with Crippen LogP contribution in [0.5, 0.6) is 0 Å². The molecule has 2 unspecified atom stereocenters. The molecule has 0 radical (unpaired) electrons. The van der Waals surface area contributed by atoms with Crippen molar-refractivity contribution in [3.63, 3.8) is 0 Å². The van der Waals surface area contributed by atoms with Crippen LogP contribution in [0.25, 0.3) is 0 Å². The molecule has 0 N–H and O–H groups in total. The van der Waals surface area contributed by atoms with Crippen molar-refractivity contribution in [1.82, 2.24) is 0 Å². The first-order chi connectivity index (χ1) is 14.3. The van der Waals surface area contributed by atoms with E-state index < -0.39 is 13.3 Å². The van der Waals surface area contributed by atoms with Crippen LogP contribution in [0.1, 0.15) is 129 Å². The first-order valence-electron chi connectivity index (χ1n) is 12.9. The van der Waals surface area contributed by atoms with E-state index in [9.17, 15) is 9.46 Å². The molecule has 0 amide bonds. The number of unbranched alkanes of at least 4 members (excludes halogenated alkanes) is 13. The Labute approximate surface area is 190 Å². The van der Waals surface area contributed by atoms with Crippen LogP contribution >= 0.6 is 8.03 Å². The predicted octanol–water partition coefficient (Wildman–Crippen LogP) is 8.11. The maximum Gasteiger partial charge on any atom is 0.376 e. The first kappa shape index (κ1) is 29.8. The van der Waals surface area contributed by atoms with Gasteiger partial charge in [-0.1, -0.05) is 94.8 Å². The molecule has 0 fully saturated rings. The molecule has 0 heterocycles. The molecule has 0 saturated carbocycles. The van der Waals surface area contributed by atoms with Crippen molar-refractivity contribution in [3.05, 3.63) is 12.2 Å². The van der Waals surface area contributed by atoms with Crippen molar-refractivity contribution in [3.8, 4) is 0 Å². The van der Waals surface area contributed by atoms with Crippen molar-refractivity contribution in [2.75, 3.05) is 21.1 Å². The van der Waals surface area contributed by atoms with Crippen LogP contribution < -0.4 is 4.89 Å². The summed E-state index contributed by atoms with van der Waals surface area (Å²) in [5, 5.41) is -0.602. The number of nitrogens with zero attached hydrogens (tertiary/aromatic N) is 1. The number of hydrogen-bond acceptors (Lipinski definition) is 2. The van der Waals surface area contributed by atoms with Gasteiger partial charge in [-0.3, -0.25) is 4.48 Å². The zero-order chi connectivity index (χ0) is 22.7. The summed E-state index contributed by atoms with van der Waals surface area (Å²) in [6.07, 6.45) is 26.8. The molecule has 0 aromatic heterocycles. The largest absolute Gasteiger partial charge is 0.590 e. The summed E-state index contributed by atoms with van der Waals surface area (Å²) in [6, 6.07) is 0. The minimum Gasteiger partial charge on any atom is -0.590 e. The lowest BCUT2D eigenvalue weighted by Gasteiger charge is -2.39. The van der Waals surface area contributed by atoms with Crippen LogP contribution in [-0.2, 0) is 4.57 Å². The average Bonchev–Trinajstić information content (AvgIpc) is 2.68. The third-order valence-electron chi connectivity index (χ3n) is 6.58. The average molecular weight is 443 g/mol. The van der Waals surface area contributed by atoms with Crippen LogP contribution in [0.4, 0.5) is 0 Å². The molecule has 0 bridgehead atoms. The fourth-order valence-corrected chi connectivity index (χ4v) is 5.69.